The molecule has 0 unspecified atom stereocenters. The highest BCUT2D eigenvalue weighted by atomic mass is 16.5. The molecule has 0 aromatic heterocycles. The fraction of sp³-hybridized carbons (Fsp3) is 1.00. The van der Waals surface area contributed by atoms with Crippen LogP contribution in [0.2, 0.25) is 6.32 Å². The van der Waals surface area contributed by atoms with Gasteiger partial charge < -0.3 is 10.2 Å². The van der Waals surface area contributed by atoms with Crippen molar-refractivity contribution in [3.05, 3.63) is 0 Å². The van der Waals surface area contributed by atoms with Gasteiger partial charge in [-0.15, -0.1) is 0 Å². The van der Waals surface area contributed by atoms with Crippen molar-refractivity contribution in [3.8, 4) is 0 Å². The third-order valence-corrected chi connectivity index (χ3v) is 0.425. The molecule has 0 spiro atoms. The highest BCUT2D eigenvalue weighted by Crippen LogP contribution is 1.86. The lowest BCUT2D eigenvalue weighted by Gasteiger charge is -1.95. The maximum atomic E-state index is 8.03. The fourth-order valence-electron chi connectivity index (χ4n) is 0.149. The molecule has 0 bridgehead atoms. The van der Waals surface area contributed by atoms with Crippen LogP contribution in [-0.2, 0) is 0 Å². The van der Waals surface area contributed by atoms with Crippen molar-refractivity contribution in [1.82, 2.24) is 0 Å². The minimum atomic E-state index is -1.23. The van der Waals surface area contributed by atoms with Crippen LogP contribution >= 0.6 is 0 Å². The van der Waals surface area contributed by atoms with E-state index in [1.807, 2.05) is 0 Å². The van der Waals surface area contributed by atoms with Crippen molar-refractivity contribution < 1.29 is 10.2 Å². The Morgan fingerprint density at radius 2 is 2.00 bits per heavy atom. The molecule has 0 fully saturated rings. The molecule has 34 valence electrons. The molecule has 3 heteroatoms. The van der Waals surface area contributed by atoms with Gasteiger partial charge in [-0.05, 0) is 6.42 Å². The van der Waals surface area contributed by atoms with Crippen LogP contribution in [0, 0.1) is 0 Å². The Hall–Kier alpha value is -0.0151. The van der Waals surface area contributed by atoms with Crippen molar-refractivity contribution in [2.75, 3.05) is 0 Å². The first kappa shape index (κ1) is 5.98. The molecule has 0 aliphatic heterocycles. The Bertz CT molecular complexity index is 30.0. The van der Waals surface area contributed by atoms with Crippen molar-refractivity contribution in [2.24, 2.45) is 0 Å². The summed E-state index contributed by atoms with van der Waals surface area (Å²) < 4.78 is 0. The molecule has 6 heavy (non-hydrogen) atoms. The summed E-state index contributed by atoms with van der Waals surface area (Å²) in [6.45, 7) is 0. The lowest BCUT2D eigenvalue weighted by Crippen LogP contribution is -2.01. The molecule has 2 N–H and O–H groups in total. The smallest absolute Gasteiger partial charge is 0.150 e. The van der Waals surface area contributed by atoms with Crippen molar-refractivity contribution >= 4 is 7.85 Å². The number of rotatable bonds is 2. The van der Waals surface area contributed by atoms with E-state index in [0.717, 1.165) is 0 Å². The lowest BCUT2D eigenvalue weighted by atomic mass is 10.0. The molecule has 0 atom stereocenters. The normalized spacial score (nSPS) is 9.83. The van der Waals surface area contributed by atoms with E-state index in [1.165, 1.54) is 0 Å². The average Bonchev–Trinajstić information content (AvgIpc) is 1.35. The summed E-state index contributed by atoms with van der Waals surface area (Å²) in [5.74, 6) is 0. The van der Waals surface area contributed by atoms with Crippen molar-refractivity contribution in [1.29, 1.82) is 0 Å². The Balaban J connectivity index is 2.63. The Kier molecular flexibility index (Phi) is 3.18. The largest absolute Gasteiger partial charge is 0.368 e. The zero-order valence-corrected chi connectivity index (χ0v) is 3.46. The molecule has 0 aliphatic carbocycles. The quantitative estimate of drug-likeness (QED) is 0.343. The topological polar surface area (TPSA) is 40.5 Å². The summed E-state index contributed by atoms with van der Waals surface area (Å²) in [4.78, 5) is 0. The van der Waals surface area contributed by atoms with E-state index in [0.29, 0.717) is 6.32 Å². The van der Waals surface area contributed by atoms with Gasteiger partial charge in [0.05, 0.1) is 7.85 Å². The fourth-order valence-corrected chi connectivity index (χ4v) is 0.149. The van der Waals surface area contributed by atoms with Gasteiger partial charge in [0.15, 0.2) is 6.29 Å². The van der Waals surface area contributed by atoms with Crippen LogP contribution in [0.25, 0.3) is 0 Å². The first-order chi connectivity index (χ1) is 2.77. The summed E-state index contributed by atoms with van der Waals surface area (Å²) >= 11 is 0. The zero-order chi connectivity index (χ0) is 4.99. The molecular weight excluding hydrogens is 78.8 g/mol. The number of aliphatic hydroxyl groups excluding tert-OH is 1. The molecule has 2 nitrogen and oxygen atoms in total. The van der Waals surface area contributed by atoms with Gasteiger partial charge in [0, 0.05) is 0 Å². The van der Waals surface area contributed by atoms with E-state index in [9.17, 15) is 0 Å². The lowest BCUT2D eigenvalue weighted by molar-refractivity contribution is -0.0411. The van der Waals surface area contributed by atoms with Gasteiger partial charge in [-0.1, -0.05) is 6.32 Å². The maximum Gasteiger partial charge on any atom is 0.150 e. The highest BCUT2D eigenvalue weighted by Gasteiger charge is 1.88. The second kappa shape index (κ2) is 3.19. The predicted molar refractivity (Wildman–Crippen MR) is 23.4 cm³/mol. The molecule has 0 aromatic rings. The van der Waals surface area contributed by atoms with Crippen LogP contribution in [0.4, 0.5) is 0 Å². The Labute approximate surface area is 38.2 Å². The summed E-state index contributed by atoms with van der Waals surface area (Å²) in [5, 5.41) is 16.1. The van der Waals surface area contributed by atoms with Crippen molar-refractivity contribution in [2.45, 2.75) is 19.0 Å². The summed E-state index contributed by atoms with van der Waals surface area (Å²) in [7, 11) is 4.91. The summed E-state index contributed by atoms with van der Waals surface area (Å²) in [6.07, 6.45) is -0.632. The van der Waals surface area contributed by atoms with Crippen LogP contribution in [0.15, 0.2) is 0 Å². The first-order valence-corrected chi connectivity index (χ1v) is 1.83. The van der Waals surface area contributed by atoms with Crippen LogP contribution < -0.4 is 0 Å². The van der Waals surface area contributed by atoms with Crippen LogP contribution in [0.3, 0.4) is 0 Å². The van der Waals surface area contributed by atoms with Crippen molar-refractivity contribution in [3.63, 3.8) is 0 Å². The second-order valence-corrected chi connectivity index (χ2v) is 1.06. The SMILES string of the molecule is [B]CCC(O)O. The standard InChI is InChI=1S/C3H7BO2/c4-2-1-3(5)6/h3,5-6H,1-2H2. The average molecular weight is 85.9 g/mol. The predicted octanol–water partition coefficient (Wildman–Crippen LogP) is -0.726. The van der Waals surface area contributed by atoms with E-state index in [1.54, 1.807) is 0 Å². The molecule has 0 aliphatic rings. The van der Waals surface area contributed by atoms with Crippen LogP contribution in [-0.4, -0.2) is 24.3 Å². The van der Waals surface area contributed by atoms with Crippen LogP contribution in [0.5, 0.6) is 0 Å². The van der Waals surface area contributed by atoms with E-state index < -0.39 is 6.29 Å². The zero-order valence-electron chi connectivity index (χ0n) is 3.46. The maximum absolute atomic E-state index is 8.03. The third kappa shape index (κ3) is 3.98. The Morgan fingerprint density at radius 3 is 2.00 bits per heavy atom. The molecule has 2 radical (unpaired) electrons. The van der Waals surface area contributed by atoms with E-state index >= 15 is 0 Å². The first-order valence-electron chi connectivity index (χ1n) is 1.83. The minimum absolute atomic E-state index is 0.264. The Morgan fingerprint density at radius 1 is 1.50 bits per heavy atom. The summed E-state index contributed by atoms with van der Waals surface area (Å²) in [5.41, 5.74) is 0. The van der Waals surface area contributed by atoms with Gasteiger partial charge in [-0.3, -0.25) is 0 Å². The van der Waals surface area contributed by atoms with Gasteiger partial charge in [-0.25, -0.2) is 0 Å². The molecule has 0 saturated heterocycles. The molecule has 0 heterocycles. The molecule has 0 aromatic carbocycles. The third-order valence-electron chi connectivity index (χ3n) is 0.425. The van der Waals surface area contributed by atoms with Gasteiger partial charge >= 0.3 is 0 Å². The monoisotopic (exact) mass is 86.1 g/mol. The van der Waals surface area contributed by atoms with Gasteiger partial charge in [0.25, 0.3) is 0 Å². The summed E-state index contributed by atoms with van der Waals surface area (Å²) in [6, 6.07) is 0. The molecule has 0 rings (SSSR count). The molecular formula is C3H7BO2. The number of aliphatic hydroxyl groups is 2. The van der Waals surface area contributed by atoms with Gasteiger partial charge in [0.2, 0.25) is 0 Å². The second-order valence-electron chi connectivity index (χ2n) is 1.06. The van der Waals surface area contributed by atoms with E-state index in [2.05, 4.69) is 0 Å². The number of hydrogen-bond donors (Lipinski definition) is 2. The van der Waals surface area contributed by atoms with Crippen LogP contribution in [0.1, 0.15) is 6.42 Å². The highest BCUT2D eigenvalue weighted by molar-refractivity contribution is 6.08. The minimum Gasteiger partial charge on any atom is -0.368 e. The number of hydrogen-bond acceptors (Lipinski definition) is 2. The van der Waals surface area contributed by atoms with Gasteiger partial charge in [-0.2, -0.15) is 0 Å². The molecule has 0 saturated carbocycles. The van der Waals surface area contributed by atoms with E-state index in [4.69, 9.17) is 18.1 Å². The van der Waals surface area contributed by atoms with Gasteiger partial charge in [0.1, 0.15) is 0 Å². The molecule has 0 amide bonds. The van der Waals surface area contributed by atoms with E-state index in [-0.39, 0.29) is 6.42 Å².